The molecule has 156 valence electrons. The van der Waals surface area contributed by atoms with Crippen LogP contribution in [0.25, 0.3) is 11.3 Å². The normalized spacial score (nSPS) is 15.4. The summed E-state index contributed by atoms with van der Waals surface area (Å²) in [4.78, 5) is 20.5. The quantitative estimate of drug-likeness (QED) is 0.574. The molecule has 0 amide bonds. The lowest BCUT2D eigenvalue weighted by Gasteiger charge is -2.31. The monoisotopic (exact) mass is 427 g/mol. The first-order chi connectivity index (χ1) is 14.5. The van der Waals surface area contributed by atoms with Crippen molar-refractivity contribution in [1.29, 1.82) is 0 Å². The molecule has 0 radical (unpaired) electrons. The van der Waals surface area contributed by atoms with Crippen LogP contribution in [0.2, 0.25) is 0 Å². The molecule has 0 unspecified atom stereocenters. The van der Waals surface area contributed by atoms with E-state index in [-0.39, 0.29) is 23.3 Å². The van der Waals surface area contributed by atoms with Crippen LogP contribution >= 0.6 is 11.3 Å². The van der Waals surface area contributed by atoms with Crippen LogP contribution in [0.15, 0.2) is 48.5 Å². The highest BCUT2D eigenvalue weighted by Gasteiger charge is 2.26. The van der Waals surface area contributed by atoms with Crippen molar-refractivity contribution in [2.24, 2.45) is 5.92 Å². The molecule has 4 rings (SSSR count). The largest absolute Gasteiger partial charge is 0.375 e. The van der Waals surface area contributed by atoms with E-state index < -0.39 is 0 Å². The highest BCUT2D eigenvalue weighted by molar-refractivity contribution is 7.15. The van der Waals surface area contributed by atoms with Crippen molar-refractivity contribution < 1.29 is 13.6 Å². The number of ketones is 1. The molecule has 4 nitrogen and oxygen atoms in total. The van der Waals surface area contributed by atoms with Gasteiger partial charge in [-0.3, -0.25) is 4.79 Å². The van der Waals surface area contributed by atoms with Crippen LogP contribution in [-0.4, -0.2) is 35.3 Å². The third-order valence-corrected chi connectivity index (χ3v) is 6.52. The Morgan fingerprint density at radius 3 is 2.27 bits per heavy atom. The Balaban J connectivity index is 1.34. The highest BCUT2D eigenvalue weighted by Crippen LogP contribution is 2.31. The van der Waals surface area contributed by atoms with Gasteiger partial charge in [-0.1, -0.05) is 0 Å². The molecule has 2 heterocycles. The van der Waals surface area contributed by atoms with Crippen LogP contribution in [0.1, 0.15) is 28.1 Å². The van der Waals surface area contributed by atoms with Gasteiger partial charge in [0.05, 0.1) is 5.69 Å². The van der Waals surface area contributed by atoms with Gasteiger partial charge < -0.3 is 10.6 Å². The minimum Gasteiger partial charge on any atom is -0.375 e. The second kappa shape index (κ2) is 9.02. The average Bonchev–Trinajstić information content (AvgIpc) is 3.14. The van der Waals surface area contributed by atoms with Crippen molar-refractivity contribution in [2.45, 2.75) is 19.3 Å². The molecule has 30 heavy (non-hydrogen) atoms. The number of aromatic nitrogens is 1. The molecule has 0 aliphatic carbocycles. The summed E-state index contributed by atoms with van der Waals surface area (Å²) < 4.78 is 26.3. The molecule has 1 aromatic heterocycles. The predicted molar refractivity (Wildman–Crippen MR) is 116 cm³/mol. The molecule has 1 aliphatic rings. The van der Waals surface area contributed by atoms with Crippen molar-refractivity contribution in [2.75, 3.05) is 25.4 Å². The topological polar surface area (TPSA) is 59.2 Å². The zero-order chi connectivity index (χ0) is 21.1. The van der Waals surface area contributed by atoms with Crippen molar-refractivity contribution in [1.82, 2.24) is 9.88 Å². The molecule has 3 aromatic rings. The SMILES string of the molecule is Nc1nc(-c2ccc(F)cc2)c(CCN2CCC(C(=O)c3ccc(F)cc3)CC2)s1. The Morgan fingerprint density at radius 1 is 1.03 bits per heavy atom. The zero-order valence-corrected chi connectivity index (χ0v) is 17.3. The van der Waals surface area contributed by atoms with Crippen LogP contribution in [0, 0.1) is 17.6 Å². The molecule has 0 saturated carbocycles. The summed E-state index contributed by atoms with van der Waals surface area (Å²) in [5.74, 6) is -0.518. The summed E-state index contributed by atoms with van der Waals surface area (Å²) in [7, 11) is 0. The number of rotatable bonds is 6. The Bertz CT molecular complexity index is 1010. The Hall–Kier alpha value is -2.64. The van der Waals surface area contributed by atoms with E-state index in [9.17, 15) is 13.6 Å². The molecular weight excluding hydrogens is 404 g/mol. The van der Waals surface area contributed by atoms with Gasteiger partial charge in [0.1, 0.15) is 11.6 Å². The van der Waals surface area contributed by atoms with E-state index in [4.69, 9.17) is 5.73 Å². The van der Waals surface area contributed by atoms with Crippen molar-refractivity contribution >= 4 is 22.3 Å². The number of piperidine rings is 1. The third kappa shape index (κ3) is 4.74. The van der Waals surface area contributed by atoms with Crippen molar-refractivity contribution in [3.63, 3.8) is 0 Å². The fourth-order valence-corrected chi connectivity index (χ4v) is 4.74. The first-order valence-corrected chi connectivity index (χ1v) is 10.8. The van der Waals surface area contributed by atoms with E-state index in [1.807, 2.05) is 0 Å². The third-order valence-electron chi connectivity index (χ3n) is 5.57. The lowest BCUT2D eigenvalue weighted by Crippen LogP contribution is -2.37. The number of hydrogen-bond acceptors (Lipinski definition) is 5. The summed E-state index contributed by atoms with van der Waals surface area (Å²) >= 11 is 1.47. The van der Waals surface area contributed by atoms with Crippen LogP contribution < -0.4 is 5.73 Å². The number of halogens is 2. The zero-order valence-electron chi connectivity index (χ0n) is 16.5. The first-order valence-electron chi connectivity index (χ1n) is 10.0. The summed E-state index contributed by atoms with van der Waals surface area (Å²) in [5.41, 5.74) is 8.19. The van der Waals surface area contributed by atoms with Crippen LogP contribution in [0.3, 0.4) is 0 Å². The van der Waals surface area contributed by atoms with Gasteiger partial charge in [0.15, 0.2) is 10.9 Å². The summed E-state index contributed by atoms with van der Waals surface area (Å²) in [6, 6.07) is 12.1. The summed E-state index contributed by atoms with van der Waals surface area (Å²) in [6.07, 6.45) is 2.40. The number of Topliss-reactive ketones (excluding diaryl/α,β-unsaturated/α-hetero) is 1. The number of anilines is 1. The molecule has 7 heteroatoms. The van der Waals surface area contributed by atoms with E-state index in [1.54, 1.807) is 24.3 Å². The fourth-order valence-electron chi connectivity index (χ4n) is 3.90. The van der Waals surface area contributed by atoms with Gasteiger partial charge in [0, 0.05) is 28.5 Å². The second-order valence-corrected chi connectivity index (χ2v) is 8.68. The van der Waals surface area contributed by atoms with Crippen molar-refractivity contribution in [3.05, 3.63) is 70.6 Å². The minimum absolute atomic E-state index is 0.0134. The fraction of sp³-hybridized carbons (Fsp3) is 0.304. The van der Waals surface area contributed by atoms with Gasteiger partial charge in [-0.05, 0) is 80.9 Å². The standard InChI is InChI=1S/C23H23F2N3OS/c24-18-5-1-15(2-6-18)21-20(30-23(26)27-21)11-14-28-12-9-17(10-13-28)22(29)16-3-7-19(25)8-4-16/h1-8,17H,9-14H2,(H2,26,27). The van der Waals surface area contributed by atoms with Crippen LogP contribution in [-0.2, 0) is 6.42 Å². The number of hydrogen-bond donors (Lipinski definition) is 1. The number of nitrogens with two attached hydrogens (primary N) is 1. The van der Waals surface area contributed by atoms with Crippen LogP contribution in [0.4, 0.5) is 13.9 Å². The van der Waals surface area contributed by atoms with E-state index in [0.29, 0.717) is 10.7 Å². The molecule has 0 bridgehead atoms. The molecule has 1 aliphatic heterocycles. The molecule has 0 spiro atoms. The number of carbonyl (C=O) groups excluding carboxylic acids is 1. The maximum Gasteiger partial charge on any atom is 0.180 e. The molecule has 0 atom stereocenters. The first kappa shape index (κ1) is 20.6. The number of carbonyl (C=O) groups is 1. The van der Waals surface area contributed by atoms with Gasteiger partial charge in [-0.15, -0.1) is 11.3 Å². The summed E-state index contributed by atoms with van der Waals surface area (Å²) in [5, 5.41) is 0.507. The molecule has 1 saturated heterocycles. The van der Waals surface area contributed by atoms with Crippen LogP contribution in [0.5, 0.6) is 0 Å². The van der Waals surface area contributed by atoms with Gasteiger partial charge in [0.25, 0.3) is 0 Å². The lowest BCUT2D eigenvalue weighted by atomic mass is 9.89. The smallest absolute Gasteiger partial charge is 0.180 e. The Morgan fingerprint density at radius 2 is 1.63 bits per heavy atom. The lowest BCUT2D eigenvalue weighted by molar-refractivity contribution is 0.0841. The highest BCUT2D eigenvalue weighted by atomic mass is 32.1. The van der Waals surface area contributed by atoms with E-state index in [2.05, 4.69) is 9.88 Å². The number of nitrogens with zero attached hydrogens (tertiary/aromatic N) is 2. The maximum absolute atomic E-state index is 13.2. The average molecular weight is 428 g/mol. The number of thiazole rings is 1. The Kier molecular flexibility index (Phi) is 6.20. The molecule has 1 fully saturated rings. The predicted octanol–water partition coefficient (Wildman–Crippen LogP) is 4.81. The molecule has 2 aromatic carbocycles. The number of likely N-dealkylation sites (tertiary alicyclic amines) is 1. The minimum atomic E-state index is -0.329. The summed E-state index contributed by atoms with van der Waals surface area (Å²) in [6.45, 7) is 2.54. The molecular formula is C23H23F2N3OS. The van der Waals surface area contributed by atoms with Gasteiger partial charge in [-0.2, -0.15) is 0 Å². The van der Waals surface area contributed by atoms with Gasteiger partial charge in [-0.25, -0.2) is 13.8 Å². The number of nitrogen functional groups attached to an aromatic ring is 1. The second-order valence-electron chi connectivity index (χ2n) is 7.57. The van der Waals surface area contributed by atoms with E-state index in [1.165, 1.54) is 35.6 Å². The molecule has 2 N–H and O–H groups in total. The Labute approximate surface area is 178 Å². The van der Waals surface area contributed by atoms with E-state index >= 15 is 0 Å². The maximum atomic E-state index is 13.2. The van der Waals surface area contributed by atoms with Gasteiger partial charge in [0.2, 0.25) is 0 Å². The number of benzene rings is 2. The van der Waals surface area contributed by atoms with E-state index in [0.717, 1.165) is 55.0 Å². The van der Waals surface area contributed by atoms with Gasteiger partial charge >= 0.3 is 0 Å². The van der Waals surface area contributed by atoms with Crippen molar-refractivity contribution in [3.8, 4) is 11.3 Å².